The maximum atomic E-state index is 10.4. The first-order chi connectivity index (χ1) is 3.81. The molecule has 0 unspecified atom stereocenters. The van der Waals surface area contributed by atoms with E-state index in [2.05, 4.69) is 11.2 Å². The normalized spacial score (nSPS) is 8.75. The summed E-state index contributed by atoms with van der Waals surface area (Å²) in [6, 6.07) is 0. The van der Waals surface area contributed by atoms with Crippen LogP contribution in [0.3, 0.4) is 0 Å². The Morgan fingerprint density at radius 2 is 2.38 bits per heavy atom. The van der Waals surface area contributed by atoms with Crippen LogP contribution in [0, 0.1) is 6.42 Å². The SMILES string of the molecule is C[C]CC(=O)OCC. The minimum Gasteiger partial charge on any atom is -0.466 e. The summed E-state index contributed by atoms with van der Waals surface area (Å²) in [6.45, 7) is 3.95. The van der Waals surface area contributed by atoms with E-state index in [0.717, 1.165) is 0 Å². The van der Waals surface area contributed by atoms with Gasteiger partial charge in [0.05, 0.1) is 13.0 Å². The summed E-state index contributed by atoms with van der Waals surface area (Å²) in [5.41, 5.74) is 0. The lowest BCUT2D eigenvalue weighted by molar-refractivity contribution is -0.142. The van der Waals surface area contributed by atoms with Crippen LogP contribution in [0.15, 0.2) is 0 Å². The van der Waals surface area contributed by atoms with Crippen molar-refractivity contribution in [2.24, 2.45) is 0 Å². The lowest BCUT2D eigenvalue weighted by Gasteiger charge is -1.95. The molecule has 0 heterocycles. The van der Waals surface area contributed by atoms with Gasteiger partial charge in [-0.05, 0) is 13.3 Å². The summed E-state index contributed by atoms with van der Waals surface area (Å²) < 4.78 is 4.58. The van der Waals surface area contributed by atoms with E-state index in [-0.39, 0.29) is 5.97 Å². The molecule has 0 N–H and O–H groups in total. The number of carbonyl (C=O) groups excluding carboxylic acids is 1. The molecule has 8 heavy (non-hydrogen) atoms. The largest absolute Gasteiger partial charge is 0.466 e. The average molecular weight is 114 g/mol. The zero-order chi connectivity index (χ0) is 6.41. The summed E-state index contributed by atoms with van der Waals surface area (Å²) in [4.78, 5) is 10.4. The van der Waals surface area contributed by atoms with Gasteiger partial charge in [0.15, 0.2) is 0 Å². The van der Waals surface area contributed by atoms with Crippen molar-refractivity contribution in [2.75, 3.05) is 6.61 Å². The van der Waals surface area contributed by atoms with Crippen molar-refractivity contribution in [3.8, 4) is 0 Å². The Morgan fingerprint density at radius 1 is 1.75 bits per heavy atom. The first-order valence-corrected chi connectivity index (χ1v) is 2.61. The van der Waals surface area contributed by atoms with E-state index in [4.69, 9.17) is 0 Å². The van der Waals surface area contributed by atoms with Crippen LogP contribution in [-0.2, 0) is 9.53 Å². The van der Waals surface area contributed by atoms with E-state index >= 15 is 0 Å². The molecule has 0 aromatic heterocycles. The first kappa shape index (κ1) is 7.47. The molecule has 0 amide bonds. The van der Waals surface area contributed by atoms with E-state index < -0.39 is 0 Å². The quantitative estimate of drug-likeness (QED) is 0.512. The van der Waals surface area contributed by atoms with E-state index in [1.165, 1.54) is 0 Å². The van der Waals surface area contributed by atoms with Gasteiger partial charge >= 0.3 is 5.97 Å². The third kappa shape index (κ3) is 3.65. The van der Waals surface area contributed by atoms with Crippen molar-refractivity contribution in [1.82, 2.24) is 0 Å². The van der Waals surface area contributed by atoms with Gasteiger partial charge in [0.25, 0.3) is 0 Å². The molecule has 0 aromatic rings. The lowest BCUT2D eigenvalue weighted by Crippen LogP contribution is -2.02. The highest BCUT2D eigenvalue weighted by Gasteiger charge is 1.95. The van der Waals surface area contributed by atoms with E-state index in [9.17, 15) is 4.79 Å². The Hall–Kier alpha value is -0.530. The molecule has 0 saturated carbocycles. The van der Waals surface area contributed by atoms with Gasteiger partial charge in [0.2, 0.25) is 0 Å². The van der Waals surface area contributed by atoms with Gasteiger partial charge < -0.3 is 4.74 Å². The van der Waals surface area contributed by atoms with Crippen LogP contribution in [-0.4, -0.2) is 12.6 Å². The Kier molecular flexibility index (Phi) is 4.32. The number of esters is 1. The second kappa shape index (κ2) is 4.62. The fraction of sp³-hybridized carbons (Fsp3) is 0.667. The highest BCUT2D eigenvalue weighted by atomic mass is 16.5. The molecule has 0 aliphatic carbocycles. The van der Waals surface area contributed by atoms with Crippen molar-refractivity contribution in [3.05, 3.63) is 6.42 Å². The molecule has 0 aliphatic rings. The van der Waals surface area contributed by atoms with E-state index in [1.54, 1.807) is 13.8 Å². The number of ether oxygens (including phenoxy) is 1. The number of hydrogen-bond acceptors (Lipinski definition) is 2. The van der Waals surface area contributed by atoms with Crippen LogP contribution in [0.25, 0.3) is 0 Å². The molecule has 2 radical (unpaired) electrons. The molecule has 0 rings (SSSR count). The Morgan fingerprint density at radius 3 is 2.75 bits per heavy atom. The molecule has 2 heteroatoms. The summed E-state index contributed by atoms with van der Waals surface area (Å²) in [7, 11) is 0. The molecule has 0 spiro atoms. The zero-order valence-corrected chi connectivity index (χ0v) is 5.23. The van der Waals surface area contributed by atoms with Gasteiger partial charge in [0, 0.05) is 0 Å². The maximum absolute atomic E-state index is 10.4. The predicted molar refractivity (Wildman–Crippen MR) is 30.2 cm³/mol. The molecule has 0 fully saturated rings. The molecule has 0 aliphatic heterocycles. The minimum atomic E-state index is -0.199. The zero-order valence-electron chi connectivity index (χ0n) is 5.23. The fourth-order valence-electron chi connectivity index (χ4n) is 0.356. The van der Waals surface area contributed by atoms with Crippen molar-refractivity contribution < 1.29 is 9.53 Å². The predicted octanol–water partition coefficient (Wildman–Crippen LogP) is 1.04. The Bertz CT molecular complexity index is 60.9. The van der Waals surface area contributed by atoms with Gasteiger partial charge in [-0.2, -0.15) is 0 Å². The van der Waals surface area contributed by atoms with Gasteiger partial charge in [-0.3, -0.25) is 4.79 Å². The molecule has 46 valence electrons. The number of rotatable bonds is 3. The molecular formula is C6H10O2. The second-order valence-corrected chi connectivity index (χ2v) is 1.34. The van der Waals surface area contributed by atoms with Crippen LogP contribution in [0.2, 0.25) is 0 Å². The van der Waals surface area contributed by atoms with Crippen molar-refractivity contribution in [1.29, 1.82) is 0 Å². The molecular weight excluding hydrogens is 104 g/mol. The molecule has 0 bridgehead atoms. The monoisotopic (exact) mass is 114 g/mol. The topological polar surface area (TPSA) is 26.3 Å². The summed E-state index contributed by atoms with van der Waals surface area (Å²) in [5.74, 6) is -0.199. The third-order valence-corrected chi connectivity index (χ3v) is 0.626. The molecule has 0 atom stereocenters. The van der Waals surface area contributed by atoms with Crippen molar-refractivity contribution >= 4 is 5.97 Å². The van der Waals surface area contributed by atoms with Crippen molar-refractivity contribution in [2.45, 2.75) is 20.3 Å². The maximum Gasteiger partial charge on any atom is 0.306 e. The average Bonchev–Trinajstić information content (AvgIpc) is 1.68. The Labute approximate surface area is 49.8 Å². The van der Waals surface area contributed by atoms with E-state index in [1.807, 2.05) is 0 Å². The van der Waals surface area contributed by atoms with Crippen LogP contribution in [0.4, 0.5) is 0 Å². The van der Waals surface area contributed by atoms with Crippen LogP contribution < -0.4 is 0 Å². The molecule has 2 nitrogen and oxygen atoms in total. The van der Waals surface area contributed by atoms with Crippen LogP contribution >= 0.6 is 0 Å². The summed E-state index contributed by atoms with van der Waals surface area (Å²) >= 11 is 0. The lowest BCUT2D eigenvalue weighted by atomic mass is 10.3. The Balaban J connectivity index is 3.06. The highest BCUT2D eigenvalue weighted by molar-refractivity contribution is 5.70. The van der Waals surface area contributed by atoms with Gasteiger partial charge in [-0.25, -0.2) is 0 Å². The van der Waals surface area contributed by atoms with Gasteiger partial charge in [-0.1, -0.05) is 6.92 Å². The number of hydrogen-bond donors (Lipinski definition) is 0. The molecule has 0 saturated heterocycles. The van der Waals surface area contributed by atoms with Crippen LogP contribution in [0.1, 0.15) is 20.3 Å². The molecule has 0 aromatic carbocycles. The van der Waals surface area contributed by atoms with Crippen molar-refractivity contribution in [3.63, 3.8) is 0 Å². The first-order valence-electron chi connectivity index (χ1n) is 2.61. The highest BCUT2D eigenvalue weighted by Crippen LogP contribution is 1.87. The smallest absolute Gasteiger partial charge is 0.306 e. The fourth-order valence-corrected chi connectivity index (χ4v) is 0.356. The van der Waals surface area contributed by atoms with E-state index in [0.29, 0.717) is 13.0 Å². The summed E-state index contributed by atoms with van der Waals surface area (Å²) in [6.07, 6.45) is 2.98. The minimum absolute atomic E-state index is 0.199. The van der Waals surface area contributed by atoms with Gasteiger partial charge in [-0.15, -0.1) is 0 Å². The summed E-state index contributed by atoms with van der Waals surface area (Å²) in [5, 5.41) is 0. The third-order valence-electron chi connectivity index (χ3n) is 0.626. The van der Waals surface area contributed by atoms with Crippen LogP contribution in [0.5, 0.6) is 0 Å². The van der Waals surface area contributed by atoms with Gasteiger partial charge in [0.1, 0.15) is 0 Å². The number of carbonyl (C=O) groups is 1. The second-order valence-electron chi connectivity index (χ2n) is 1.34. The standard InChI is InChI=1S/C6H10O2/c1-3-5-6(7)8-4-2/h4-5H2,1-2H3.